The molecule has 0 aliphatic heterocycles. The molecule has 0 spiro atoms. The number of nitrogens with zero attached hydrogens (tertiary/aromatic N) is 2. The largest absolute Gasteiger partial charge is 0.468 e. The Balaban J connectivity index is 1.79. The van der Waals surface area contributed by atoms with Crippen molar-refractivity contribution < 1.29 is 9.53 Å². The summed E-state index contributed by atoms with van der Waals surface area (Å²) in [4.78, 5) is 20.8. The summed E-state index contributed by atoms with van der Waals surface area (Å²) in [7, 11) is 1.41. The number of esters is 1. The van der Waals surface area contributed by atoms with E-state index in [-0.39, 0.29) is 11.7 Å². The zero-order chi connectivity index (χ0) is 16.1. The molecule has 0 amide bonds. The van der Waals surface area contributed by atoms with Gasteiger partial charge in [-0.25, -0.2) is 9.97 Å². The van der Waals surface area contributed by atoms with Crippen LogP contribution in [0.25, 0.3) is 10.9 Å². The van der Waals surface area contributed by atoms with Crippen LogP contribution < -0.4 is 0 Å². The Labute approximate surface area is 141 Å². The second-order valence-corrected chi connectivity index (χ2v) is 6.98. The summed E-state index contributed by atoms with van der Waals surface area (Å²) in [5, 5.41) is 1.88. The summed E-state index contributed by atoms with van der Waals surface area (Å²) in [6, 6.07) is 7.99. The number of aryl methyl sites for hydroxylation is 1. The third kappa shape index (κ3) is 4.22. The quantitative estimate of drug-likeness (QED) is 0.455. The molecule has 0 saturated heterocycles. The minimum atomic E-state index is -0.231. The molecule has 3 rings (SSSR count). The Kier molecular flexibility index (Phi) is 5.49. The van der Waals surface area contributed by atoms with Crippen LogP contribution in [-0.2, 0) is 16.0 Å². The Morgan fingerprint density at radius 3 is 2.83 bits per heavy atom. The Morgan fingerprint density at radius 1 is 1.26 bits per heavy atom. The maximum absolute atomic E-state index is 11.4. The number of benzene rings is 1. The van der Waals surface area contributed by atoms with Crippen molar-refractivity contribution in [2.75, 3.05) is 12.9 Å². The topological polar surface area (TPSA) is 52.1 Å². The van der Waals surface area contributed by atoms with Crippen LogP contribution in [0.15, 0.2) is 29.3 Å². The number of fused-ring (bicyclic) bond motifs is 1. The number of para-hydroxylation sites is 1. The average Bonchev–Trinajstić information content (AvgIpc) is 3.11. The molecule has 0 atom stereocenters. The standard InChI is InChI=1S/C18H22N2O2S/c1-22-17(21)12-23-18-14-8-4-5-9-15(14)19-16(20-18)11-10-13-6-2-3-7-13/h4-5,8-9,13H,2-3,6-7,10-12H2,1H3. The Morgan fingerprint density at radius 2 is 2.04 bits per heavy atom. The molecule has 1 aliphatic carbocycles. The van der Waals surface area contributed by atoms with Crippen molar-refractivity contribution in [3.05, 3.63) is 30.1 Å². The predicted octanol–water partition coefficient (Wildman–Crippen LogP) is 4.02. The van der Waals surface area contributed by atoms with Crippen molar-refractivity contribution in [3.63, 3.8) is 0 Å². The first-order valence-corrected chi connectivity index (χ1v) is 9.20. The van der Waals surface area contributed by atoms with Gasteiger partial charge >= 0.3 is 5.97 Å². The van der Waals surface area contributed by atoms with E-state index in [9.17, 15) is 4.79 Å². The van der Waals surface area contributed by atoms with Crippen LogP contribution >= 0.6 is 11.8 Å². The van der Waals surface area contributed by atoms with E-state index in [4.69, 9.17) is 14.7 Å². The van der Waals surface area contributed by atoms with E-state index in [1.54, 1.807) is 0 Å². The first-order valence-electron chi connectivity index (χ1n) is 8.21. The van der Waals surface area contributed by atoms with Crippen LogP contribution in [0.5, 0.6) is 0 Å². The van der Waals surface area contributed by atoms with Crippen LogP contribution in [0.4, 0.5) is 0 Å². The number of carbonyl (C=O) groups excluding carboxylic acids is 1. The minimum absolute atomic E-state index is 0.231. The molecule has 2 aromatic rings. The minimum Gasteiger partial charge on any atom is -0.468 e. The zero-order valence-electron chi connectivity index (χ0n) is 13.5. The maximum Gasteiger partial charge on any atom is 0.316 e. The SMILES string of the molecule is COC(=O)CSc1nc(CCC2CCCC2)nc2ccccc12. The monoisotopic (exact) mass is 330 g/mol. The number of thioether (sulfide) groups is 1. The summed E-state index contributed by atoms with van der Waals surface area (Å²) in [6.07, 6.45) is 7.50. The van der Waals surface area contributed by atoms with Gasteiger partial charge in [-0.05, 0) is 18.4 Å². The molecule has 1 saturated carbocycles. The van der Waals surface area contributed by atoms with Crippen molar-refractivity contribution in [2.24, 2.45) is 5.92 Å². The highest BCUT2D eigenvalue weighted by Gasteiger charge is 2.16. The van der Waals surface area contributed by atoms with E-state index in [1.165, 1.54) is 51.0 Å². The van der Waals surface area contributed by atoms with Gasteiger partial charge in [-0.2, -0.15) is 0 Å². The molecule has 1 heterocycles. The Bertz CT molecular complexity index is 684. The van der Waals surface area contributed by atoms with E-state index < -0.39 is 0 Å². The number of hydrogen-bond donors (Lipinski definition) is 0. The number of rotatable bonds is 6. The van der Waals surface area contributed by atoms with E-state index in [0.29, 0.717) is 0 Å². The van der Waals surface area contributed by atoms with Gasteiger partial charge in [0.2, 0.25) is 0 Å². The second kappa shape index (κ2) is 7.77. The molecule has 0 unspecified atom stereocenters. The highest BCUT2D eigenvalue weighted by Crippen LogP contribution is 2.29. The second-order valence-electron chi connectivity index (χ2n) is 6.02. The average molecular weight is 330 g/mol. The van der Waals surface area contributed by atoms with Crippen LogP contribution in [0, 0.1) is 5.92 Å². The number of hydrogen-bond acceptors (Lipinski definition) is 5. The number of aromatic nitrogens is 2. The zero-order valence-corrected chi connectivity index (χ0v) is 14.3. The summed E-state index contributed by atoms with van der Waals surface area (Å²) in [6.45, 7) is 0. The molecule has 23 heavy (non-hydrogen) atoms. The molecule has 0 N–H and O–H groups in total. The fourth-order valence-corrected chi connectivity index (χ4v) is 4.00. The lowest BCUT2D eigenvalue weighted by Gasteiger charge is -2.10. The molecule has 4 nitrogen and oxygen atoms in total. The summed E-state index contributed by atoms with van der Waals surface area (Å²) >= 11 is 1.43. The lowest BCUT2D eigenvalue weighted by molar-refractivity contribution is -0.137. The first kappa shape index (κ1) is 16.2. The van der Waals surface area contributed by atoms with Crippen LogP contribution in [0.1, 0.15) is 37.9 Å². The van der Waals surface area contributed by atoms with Gasteiger partial charge < -0.3 is 4.74 Å². The normalized spacial score (nSPS) is 15.2. The molecule has 0 radical (unpaired) electrons. The summed E-state index contributed by atoms with van der Waals surface area (Å²) in [5.74, 6) is 1.77. The predicted molar refractivity (Wildman–Crippen MR) is 92.6 cm³/mol. The van der Waals surface area contributed by atoms with Crippen molar-refractivity contribution in [1.82, 2.24) is 9.97 Å². The third-order valence-electron chi connectivity index (χ3n) is 4.42. The molecule has 1 fully saturated rings. The van der Waals surface area contributed by atoms with E-state index >= 15 is 0 Å². The van der Waals surface area contributed by atoms with Crippen LogP contribution in [0.2, 0.25) is 0 Å². The highest BCUT2D eigenvalue weighted by atomic mass is 32.2. The third-order valence-corrected chi connectivity index (χ3v) is 5.38. The molecule has 1 aromatic heterocycles. The van der Waals surface area contributed by atoms with Crippen LogP contribution in [0.3, 0.4) is 0 Å². The van der Waals surface area contributed by atoms with Gasteiger partial charge in [0.25, 0.3) is 0 Å². The van der Waals surface area contributed by atoms with Gasteiger partial charge in [0, 0.05) is 11.8 Å². The van der Waals surface area contributed by atoms with Gasteiger partial charge in [-0.1, -0.05) is 55.6 Å². The highest BCUT2D eigenvalue weighted by molar-refractivity contribution is 8.00. The van der Waals surface area contributed by atoms with Gasteiger partial charge in [-0.15, -0.1) is 0 Å². The smallest absolute Gasteiger partial charge is 0.316 e. The van der Waals surface area contributed by atoms with Crippen molar-refractivity contribution in [2.45, 2.75) is 43.6 Å². The van der Waals surface area contributed by atoms with Gasteiger partial charge in [-0.3, -0.25) is 4.79 Å². The molecule has 1 aliphatic rings. The summed E-state index contributed by atoms with van der Waals surface area (Å²) < 4.78 is 4.73. The molecule has 5 heteroatoms. The molecular formula is C18H22N2O2S. The van der Waals surface area contributed by atoms with Crippen LogP contribution in [-0.4, -0.2) is 28.8 Å². The first-order chi connectivity index (χ1) is 11.3. The molecular weight excluding hydrogens is 308 g/mol. The van der Waals surface area contributed by atoms with Gasteiger partial charge in [0.1, 0.15) is 10.9 Å². The van der Waals surface area contributed by atoms with Crippen molar-refractivity contribution >= 4 is 28.6 Å². The van der Waals surface area contributed by atoms with E-state index in [1.807, 2.05) is 24.3 Å². The maximum atomic E-state index is 11.4. The number of methoxy groups -OCH3 is 1. The van der Waals surface area contributed by atoms with Crippen molar-refractivity contribution in [3.8, 4) is 0 Å². The molecule has 0 bridgehead atoms. The molecule has 122 valence electrons. The molecule has 1 aromatic carbocycles. The lowest BCUT2D eigenvalue weighted by Crippen LogP contribution is -2.05. The van der Waals surface area contributed by atoms with Gasteiger partial charge in [0.15, 0.2) is 0 Å². The van der Waals surface area contributed by atoms with Gasteiger partial charge in [0.05, 0.1) is 18.4 Å². The number of carbonyl (C=O) groups is 1. The number of ether oxygens (including phenoxy) is 1. The van der Waals surface area contributed by atoms with E-state index in [0.717, 1.165) is 34.1 Å². The fourth-order valence-electron chi connectivity index (χ4n) is 3.13. The lowest BCUT2D eigenvalue weighted by atomic mass is 10.0. The fraction of sp³-hybridized carbons (Fsp3) is 0.500. The Hall–Kier alpha value is -1.62. The summed E-state index contributed by atoms with van der Waals surface area (Å²) in [5.41, 5.74) is 0.955. The van der Waals surface area contributed by atoms with Crippen molar-refractivity contribution in [1.29, 1.82) is 0 Å². The van der Waals surface area contributed by atoms with E-state index in [2.05, 4.69) is 0 Å².